The number of nitrogens with two attached hydrogens (primary N) is 1. The Morgan fingerprint density at radius 2 is 2.17 bits per heavy atom. The van der Waals surface area contributed by atoms with Crippen molar-refractivity contribution in [2.24, 2.45) is 5.14 Å². The normalized spacial score (nSPS) is 11.4. The van der Waals surface area contributed by atoms with Crippen molar-refractivity contribution < 1.29 is 17.6 Å². The number of hydrogen-bond acceptors (Lipinski definition) is 5. The monoisotopic (exact) mass is 341 g/mol. The molecule has 1 aromatic carbocycles. The quantitative estimate of drug-likeness (QED) is 0.802. The molecule has 23 heavy (non-hydrogen) atoms. The molecule has 1 heterocycles. The predicted octanol–water partition coefficient (Wildman–Crippen LogP) is 0.113. The highest BCUT2D eigenvalue weighted by Crippen LogP contribution is 2.08. The zero-order valence-corrected chi connectivity index (χ0v) is 13.2. The molecule has 1 amide bonds. The fraction of sp³-hybridized carbons (Fsp3) is 0.308. The van der Waals surface area contributed by atoms with Crippen LogP contribution in [-0.4, -0.2) is 40.8 Å². The van der Waals surface area contributed by atoms with Gasteiger partial charge in [-0.05, 0) is 24.6 Å². The molecule has 2 rings (SSSR count). The minimum atomic E-state index is -3.96. The summed E-state index contributed by atoms with van der Waals surface area (Å²) in [5.41, 5.74) is 0.656. The van der Waals surface area contributed by atoms with Gasteiger partial charge < -0.3 is 4.90 Å². The number of nitrogens with zero attached hydrogens (tertiary/aromatic N) is 4. The molecular formula is C13H16FN5O3S. The lowest BCUT2D eigenvalue weighted by Gasteiger charge is -2.20. The number of primary sulfonamides is 1. The van der Waals surface area contributed by atoms with E-state index in [1.54, 1.807) is 19.1 Å². The van der Waals surface area contributed by atoms with E-state index < -0.39 is 15.0 Å². The van der Waals surface area contributed by atoms with Crippen molar-refractivity contribution in [2.45, 2.75) is 25.0 Å². The Morgan fingerprint density at radius 1 is 1.43 bits per heavy atom. The third kappa shape index (κ3) is 4.57. The van der Waals surface area contributed by atoms with Gasteiger partial charge in [0.05, 0.1) is 6.20 Å². The molecule has 0 saturated heterocycles. The second-order valence-electron chi connectivity index (χ2n) is 4.84. The van der Waals surface area contributed by atoms with E-state index in [9.17, 15) is 17.6 Å². The SMILES string of the molecule is CCN(Cc1cccc(F)c1)C(=O)Cn1cc(S(N)(=O)=O)nn1. The Labute approximate surface area is 132 Å². The smallest absolute Gasteiger partial charge is 0.259 e. The fourth-order valence-corrected chi connectivity index (χ4v) is 2.38. The van der Waals surface area contributed by atoms with Crippen LogP contribution in [0.4, 0.5) is 4.39 Å². The van der Waals surface area contributed by atoms with Crippen LogP contribution in [-0.2, 0) is 27.9 Å². The average molecular weight is 341 g/mol. The summed E-state index contributed by atoms with van der Waals surface area (Å²) in [7, 11) is -3.96. The second kappa shape index (κ2) is 6.84. The van der Waals surface area contributed by atoms with E-state index in [1.807, 2.05) is 0 Å². The van der Waals surface area contributed by atoms with E-state index in [-0.39, 0.29) is 24.8 Å². The number of amides is 1. The van der Waals surface area contributed by atoms with Crippen LogP contribution >= 0.6 is 0 Å². The van der Waals surface area contributed by atoms with E-state index in [4.69, 9.17) is 5.14 Å². The van der Waals surface area contributed by atoms with Crippen LogP contribution in [0.3, 0.4) is 0 Å². The van der Waals surface area contributed by atoms with Crippen molar-refractivity contribution in [3.05, 3.63) is 41.8 Å². The maximum Gasteiger partial charge on any atom is 0.259 e. The first kappa shape index (κ1) is 17.0. The van der Waals surface area contributed by atoms with E-state index in [2.05, 4.69) is 10.3 Å². The van der Waals surface area contributed by atoms with Crippen LogP contribution < -0.4 is 5.14 Å². The maximum atomic E-state index is 13.2. The molecule has 1 aromatic heterocycles. The molecule has 0 unspecified atom stereocenters. The standard InChI is InChI=1S/C13H16FN5O3S/c1-2-18(7-10-4-3-5-11(14)6-10)13(20)9-19-8-12(16-17-19)23(15,21)22/h3-6,8H,2,7,9H2,1H3,(H2,15,21,22). The lowest BCUT2D eigenvalue weighted by Crippen LogP contribution is -2.33. The number of carbonyl (C=O) groups excluding carboxylic acids is 1. The van der Waals surface area contributed by atoms with Gasteiger partial charge in [-0.3, -0.25) is 4.79 Å². The van der Waals surface area contributed by atoms with E-state index in [0.717, 1.165) is 10.9 Å². The highest BCUT2D eigenvalue weighted by Gasteiger charge is 2.17. The summed E-state index contributed by atoms with van der Waals surface area (Å²) in [4.78, 5) is 13.7. The van der Waals surface area contributed by atoms with Gasteiger partial charge in [0.15, 0.2) is 0 Å². The van der Waals surface area contributed by atoms with E-state index in [0.29, 0.717) is 12.1 Å². The predicted molar refractivity (Wildman–Crippen MR) is 78.9 cm³/mol. The number of sulfonamides is 1. The van der Waals surface area contributed by atoms with Crippen LogP contribution in [0.1, 0.15) is 12.5 Å². The Morgan fingerprint density at radius 3 is 2.74 bits per heavy atom. The summed E-state index contributed by atoms with van der Waals surface area (Å²) in [6.45, 7) is 2.25. The molecule has 0 saturated carbocycles. The number of rotatable bonds is 6. The van der Waals surface area contributed by atoms with Crippen LogP contribution in [0.2, 0.25) is 0 Å². The van der Waals surface area contributed by atoms with Gasteiger partial charge in [-0.2, -0.15) is 0 Å². The van der Waals surface area contributed by atoms with Crippen molar-refractivity contribution in [1.29, 1.82) is 0 Å². The van der Waals surface area contributed by atoms with Gasteiger partial charge >= 0.3 is 0 Å². The Bertz CT molecular complexity index is 805. The molecule has 0 atom stereocenters. The zero-order chi connectivity index (χ0) is 17.0. The molecule has 10 heteroatoms. The number of halogens is 1. The van der Waals surface area contributed by atoms with Crippen LogP contribution in [0.15, 0.2) is 35.5 Å². The van der Waals surface area contributed by atoms with Crippen molar-refractivity contribution in [1.82, 2.24) is 19.9 Å². The van der Waals surface area contributed by atoms with Crippen LogP contribution in [0.5, 0.6) is 0 Å². The summed E-state index contributed by atoms with van der Waals surface area (Å²) in [6, 6.07) is 5.96. The van der Waals surface area contributed by atoms with Crippen molar-refractivity contribution >= 4 is 15.9 Å². The van der Waals surface area contributed by atoms with Crippen molar-refractivity contribution in [2.75, 3.05) is 6.54 Å². The highest BCUT2D eigenvalue weighted by molar-refractivity contribution is 7.89. The largest absolute Gasteiger partial charge is 0.337 e. The molecule has 0 aliphatic rings. The van der Waals surface area contributed by atoms with Gasteiger partial charge in [-0.1, -0.05) is 17.3 Å². The molecule has 0 aliphatic heterocycles. The topological polar surface area (TPSA) is 111 Å². The molecule has 0 bridgehead atoms. The number of carbonyl (C=O) groups is 1. The second-order valence-corrected chi connectivity index (χ2v) is 6.35. The number of benzene rings is 1. The highest BCUT2D eigenvalue weighted by atomic mass is 32.2. The molecular weight excluding hydrogens is 325 g/mol. The zero-order valence-electron chi connectivity index (χ0n) is 12.4. The fourth-order valence-electron chi connectivity index (χ4n) is 1.96. The molecule has 0 aliphatic carbocycles. The lowest BCUT2D eigenvalue weighted by atomic mass is 10.2. The van der Waals surface area contributed by atoms with Crippen molar-refractivity contribution in [3.8, 4) is 0 Å². The van der Waals surface area contributed by atoms with Gasteiger partial charge in [-0.15, -0.1) is 5.10 Å². The molecule has 0 radical (unpaired) electrons. The Hall–Kier alpha value is -2.33. The number of likely N-dealkylation sites (N-methyl/N-ethyl adjacent to an activating group) is 1. The van der Waals surface area contributed by atoms with Gasteiger partial charge in [0.1, 0.15) is 12.4 Å². The summed E-state index contributed by atoms with van der Waals surface area (Å²) in [6.07, 6.45) is 1.09. The summed E-state index contributed by atoms with van der Waals surface area (Å²) in [5.74, 6) is -0.678. The minimum Gasteiger partial charge on any atom is -0.337 e. The minimum absolute atomic E-state index is 0.189. The first-order valence-corrected chi connectivity index (χ1v) is 8.29. The molecule has 124 valence electrons. The first-order valence-electron chi connectivity index (χ1n) is 6.74. The lowest BCUT2D eigenvalue weighted by molar-refractivity contribution is -0.132. The van der Waals surface area contributed by atoms with Gasteiger partial charge in [-0.25, -0.2) is 22.6 Å². The van der Waals surface area contributed by atoms with Crippen LogP contribution in [0.25, 0.3) is 0 Å². The summed E-state index contributed by atoms with van der Waals surface area (Å²) in [5, 5.41) is 11.5. The molecule has 8 nitrogen and oxygen atoms in total. The van der Waals surface area contributed by atoms with Crippen LogP contribution in [0, 0.1) is 5.82 Å². The molecule has 0 spiro atoms. The van der Waals surface area contributed by atoms with Gasteiger partial charge in [0.2, 0.25) is 10.9 Å². The molecule has 2 aromatic rings. The molecule has 0 fully saturated rings. The third-order valence-electron chi connectivity index (χ3n) is 3.10. The average Bonchev–Trinajstić information content (AvgIpc) is 2.93. The molecule has 2 N–H and O–H groups in total. The van der Waals surface area contributed by atoms with Gasteiger partial charge in [0.25, 0.3) is 10.0 Å². The van der Waals surface area contributed by atoms with Crippen molar-refractivity contribution in [3.63, 3.8) is 0 Å². The van der Waals surface area contributed by atoms with E-state index >= 15 is 0 Å². The third-order valence-corrected chi connectivity index (χ3v) is 3.87. The first-order chi connectivity index (χ1) is 10.8. The van der Waals surface area contributed by atoms with Gasteiger partial charge in [0, 0.05) is 13.1 Å². The van der Waals surface area contributed by atoms with E-state index in [1.165, 1.54) is 17.0 Å². The maximum absolute atomic E-state index is 13.2. The summed E-state index contributed by atoms with van der Waals surface area (Å²) < 4.78 is 36.5. The number of hydrogen-bond donors (Lipinski definition) is 1. The number of aromatic nitrogens is 3. The summed E-state index contributed by atoms with van der Waals surface area (Å²) >= 11 is 0. The Balaban J connectivity index is 2.07. The Kier molecular flexibility index (Phi) is 5.06.